The van der Waals surface area contributed by atoms with Gasteiger partial charge >= 0.3 is 0 Å². The van der Waals surface area contributed by atoms with Gasteiger partial charge in [0.05, 0.1) is 0 Å². The summed E-state index contributed by atoms with van der Waals surface area (Å²) < 4.78 is 27.5. The van der Waals surface area contributed by atoms with Gasteiger partial charge in [-0.2, -0.15) is 0 Å². The van der Waals surface area contributed by atoms with Crippen LogP contribution >= 0.6 is 0 Å². The fourth-order valence-electron chi connectivity index (χ4n) is 2.19. The van der Waals surface area contributed by atoms with E-state index in [9.17, 15) is 8.78 Å². The molecule has 1 aromatic carbocycles. The van der Waals surface area contributed by atoms with Crippen LogP contribution in [0.3, 0.4) is 0 Å². The molecule has 1 unspecified atom stereocenters. The van der Waals surface area contributed by atoms with E-state index in [2.05, 4.69) is 10.3 Å². The average molecular weight is 276 g/mol. The Morgan fingerprint density at radius 1 is 1.10 bits per heavy atom. The van der Waals surface area contributed by atoms with E-state index in [0.29, 0.717) is 11.1 Å². The fourth-order valence-corrected chi connectivity index (χ4v) is 2.19. The van der Waals surface area contributed by atoms with Crippen molar-refractivity contribution in [1.29, 1.82) is 0 Å². The molecular formula is C16H18F2N2. The summed E-state index contributed by atoms with van der Waals surface area (Å²) in [5.41, 5.74) is 1.66. The SMILES string of the molecule is Cc1cc(F)c(C(C)N[C@H](C)c2cccnc2)cc1F. The Kier molecular flexibility index (Phi) is 4.45. The third kappa shape index (κ3) is 3.20. The lowest BCUT2D eigenvalue weighted by Crippen LogP contribution is -2.23. The minimum absolute atomic E-state index is 0.00228. The number of nitrogens with one attached hydrogen (secondary N) is 1. The van der Waals surface area contributed by atoms with Gasteiger partial charge < -0.3 is 5.32 Å². The third-order valence-corrected chi connectivity index (χ3v) is 3.43. The van der Waals surface area contributed by atoms with Crippen LogP contribution in [0.1, 0.15) is 42.6 Å². The number of hydrogen-bond donors (Lipinski definition) is 1. The van der Waals surface area contributed by atoms with Crippen molar-refractivity contribution in [3.05, 3.63) is 65.0 Å². The molecule has 0 saturated carbocycles. The molecule has 4 heteroatoms. The van der Waals surface area contributed by atoms with Crippen molar-refractivity contribution < 1.29 is 8.78 Å². The van der Waals surface area contributed by atoms with Gasteiger partial charge in [0.2, 0.25) is 0 Å². The molecule has 2 nitrogen and oxygen atoms in total. The summed E-state index contributed by atoms with van der Waals surface area (Å²) >= 11 is 0. The molecular weight excluding hydrogens is 258 g/mol. The summed E-state index contributed by atoms with van der Waals surface area (Å²) in [6.07, 6.45) is 3.46. The molecule has 0 aliphatic carbocycles. The molecule has 2 aromatic rings. The van der Waals surface area contributed by atoms with E-state index in [-0.39, 0.29) is 23.7 Å². The number of hydrogen-bond acceptors (Lipinski definition) is 2. The summed E-state index contributed by atoms with van der Waals surface area (Å²) in [5, 5.41) is 3.25. The molecule has 106 valence electrons. The minimum Gasteiger partial charge on any atom is -0.303 e. The summed E-state index contributed by atoms with van der Waals surface area (Å²) in [4.78, 5) is 4.05. The monoisotopic (exact) mass is 276 g/mol. The van der Waals surface area contributed by atoms with Gasteiger partial charge in [0.1, 0.15) is 11.6 Å². The highest BCUT2D eigenvalue weighted by Gasteiger charge is 2.16. The van der Waals surface area contributed by atoms with Crippen LogP contribution in [0.5, 0.6) is 0 Å². The normalized spacial score (nSPS) is 14.1. The Morgan fingerprint density at radius 3 is 2.50 bits per heavy atom. The number of aromatic nitrogens is 1. The zero-order chi connectivity index (χ0) is 14.7. The highest BCUT2D eigenvalue weighted by molar-refractivity contribution is 5.27. The second-order valence-electron chi connectivity index (χ2n) is 5.02. The molecule has 0 fully saturated rings. The second-order valence-corrected chi connectivity index (χ2v) is 5.02. The Hall–Kier alpha value is -1.81. The van der Waals surface area contributed by atoms with Crippen molar-refractivity contribution in [2.75, 3.05) is 0 Å². The van der Waals surface area contributed by atoms with E-state index in [1.165, 1.54) is 12.1 Å². The number of pyridine rings is 1. The van der Waals surface area contributed by atoms with Crippen molar-refractivity contribution in [3.63, 3.8) is 0 Å². The van der Waals surface area contributed by atoms with E-state index >= 15 is 0 Å². The highest BCUT2D eigenvalue weighted by Crippen LogP contribution is 2.23. The summed E-state index contributed by atoms with van der Waals surface area (Å²) in [7, 11) is 0. The molecule has 0 aliphatic heterocycles. The molecule has 0 spiro atoms. The Bertz CT molecular complexity index is 585. The van der Waals surface area contributed by atoms with Crippen LogP contribution < -0.4 is 5.32 Å². The van der Waals surface area contributed by atoms with E-state index in [1.807, 2.05) is 26.0 Å². The molecule has 0 radical (unpaired) electrons. The van der Waals surface area contributed by atoms with E-state index in [0.717, 1.165) is 5.56 Å². The molecule has 0 aliphatic rings. The Labute approximate surface area is 117 Å². The van der Waals surface area contributed by atoms with Crippen LogP contribution in [0.4, 0.5) is 8.78 Å². The van der Waals surface area contributed by atoms with Crippen molar-refractivity contribution in [2.24, 2.45) is 0 Å². The number of halogens is 2. The zero-order valence-electron chi connectivity index (χ0n) is 11.8. The van der Waals surface area contributed by atoms with Gasteiger partial charge in [-0.1, -0.05) is 6.07 Å². The van der Waals surface area contributed by atoms with Crippen molar-refractivity contribution >= 4 is 0 Å². The van der Waals surface area contributed by atoms with Gasteiger partial charge in [-0.25, -0.2) is 8.78 Å². The standard InChI is InChI=1S/C16H18F2N2/c1-10-7-16(18)14(8-15(10)17)12(3)20-11(2)13-5-4-6-19-9-13/h4-9,11-12,20H,1-3H3/t11-,12?/m1/s1. The lowest BCUT2D eigenvalue weighted by Gasteiger charge is -2.21. The molecule has 1 heterocycles. The van der Waals surface area contributed by atoms with Crippen LogP contribution in [0.25, 0.3) is 0 Å². The third-order valence-electron chi connectivity index (χ3n) is 3.43. The van der Waals surface area contributed by atoms with Crippen LogP contribution in [0, 0.1) is 18.6 Å². The van der Waals surface area contributed by atoms with Crippen LogP contribution in [0.15, 0.2) is 36.7 Å². The topological polar surface area (TPSA) is 24.9 Å². The predicted molar refractivity (Wildman–Crippen MR) is 75.3 cm³/mol. The smallest absolute Gasteiger partial charge is 0.128 e. The van der Waals surface area contributed by atoms with Gasteiger partial charge in [-0.05, 0) is 50.1 Å². The lowest BCUT2D eigenvalue weighted by atomic mass is 10.0. The summed E-state index contributed by atoms with van der Waals surface area (Å²) in [5.74, 6) is -0.772. The molecule has 1 aromatic heterocycles. The first-order valence-electron chi connectivity index (χ1n) is 6.60. The number of rotatable bonds is 4. The zero-order valence-corrected chi connectivity index (χ0v) is 11.8. The first-order chi connectivity index (χ1) is 9.49. The number of benzene rings is 1. The highest BCUT2D eigenvalue weighted by atomic mass is 19.1. The van der Waals surface area contributed by atoms with Crippen molar-refractivity contribution in [1.82, 2.24) is 10.3 Å². The average Bonchev–Trinajstić information content (AvgIpc) is 2.43. The predicted octanol–water partition coefficient (Wildman–Crippen LogP) is 4.08. The van der Waals surface area contributed by atoms with Gasteiger partial charge in [0.25, 0.3) is 0 Å². The van der Waals surface area contributed by atoms with Gasteiger partial charge in [0.15, 0.2) is 0 Å². The van der Waals surface area contributed by atoms with E-state index in [4.69, 9.17) is 0 Å². The van der Waals surface area contributed by atoms with Crippen LogP contribution in [-0.2, 0) is 0 Å². The van der Waals surface area contributed by atoms with E-state index in [1.54, 1.807) is 19.3 Å². The molecule has 0 amide bonds. The van der Waals surface area contributed by atoms with Gasteiger partial charge in [0, 0.05) is 30.0 Å². The maximum atomic E-state index is 13.9. The maximum Gasteiger partial charge on any atom is 0.128 e. The molecule has 2 atom stereocenters. The molecule has 0 bridgehead atoms. The fraction of sp³-hybridized carbons (Fsp3) is 0.312. The maximum absolute atomic E-state index is 13.9. The van der Waals surface area contributed by atoms with Crippen LogP contribution in [0.2, 0.25) is 0 Å². The molecule has 20 heavy (non-hydrogen) atoms. The molecule has 2 rings (SSSR count). The minimum atomic E-state index is -0.387. The summed E-state index contributed by atoms with van der Waals surface area (Å²) in [6.45, 7) is 5.34. The summed E-state index contributed by atoms with van der Waals surface area (Å²) in [6, 6.07) is 6.01. The van der Waals surface area contributed by atoms with E-state index < -0.39 is 0 Å². The molecule has 0 saturated heterocycles. The van der Waals surface area contributed by atoms with Crippen LogP contribution in [-0.4, -0.2) is 4.98 Å². The van der Waals surface area contributed by atoms with Crippen molar-refractivity contribution in [2.45, 2.75) is 32.9 Å². The van der Waals surface area contributed by atoms with Crippen molar-refractivity contribution in [3.8, 4) is 0 Å². The second kappa shape index (κ2) is 6.09. The van der Waals surface area contributed by atoms with Gasteiger partial charge in [-0.3, -0.25) is 4.98 Å². The quantitative estimate of drug-likeness (QED) is 0.910. The molecule has 1 N–H and O–H groups in total. The Morgan fingerprint density at radius 2 is 1.85 bits per heavy atom. The van der Waals surface area contributed by atoms with Gasteiger partial charge in [-0.15, -0.1) is 0 Å². The number of aryl methyl sites for hydroxylation is 1. The first-order valence-corrected chi connectivity index (χ1v) is 6.60. The largest absolute Gasteiger partial charge is 0.303 e. The number of nitrogens with zero attached hydrogens (tertiary/aromatic N) is 1. The first kappa shape index (κ1) is 14.6. The Balaban J connectivity index is 2.16. The lowest BCUT2D eigenvalue weighted by molar-refractivity contribution is 0.468.